The van der Waals surface area contributed by atoms with Crippen LogP contribution >= 0.6 is 0 Å². The van der Waals surface area contributed by atoms with Crippen LogP contribution < -0.4 is 5.32 Å². The zero-order valence-electron chi connectivity index (χ0n) is 13.3. The van der Waals surface area contributed by atoms with Crippen molar-refractivity contribution in [1.82, 2.24) is 9.62 Å². The van der Waals surface area contributed by atoms with Crippen molar-refractivity contribution in [2.75, 3.05) is 25.4 Å². The number of hydrogen-bond acceptors (Lipinski definition) is 3. The number of carbonyl (C=O) groups excluding carboxylic acids is 1. The highest BCUT2D eigenvalue weighted by molar-refractivity contribution is 7.89. The normalized spacial score (nSPS) is 16.8. The smallest absolute Gasteiger partial charge is 0.251 e. The zero-order valence-corrected chi connectivity index (χ0v) is 14.1. The lowest BCUT2D eigenvalue weighted by atomic mass is 10.0. The molecule has 2 aromatic carbocycles. The Labute approximate surface area is 142 Å². The third kappa shape index (κ3) is 3.83. The van der Waals surface area contributed by atoms with E-state index in [-0.39, 0.29) is 11.7 Å². The van der Waals surface area contributed by atoms with E-state index in [1.54, 1.807) is 12.1 Å². The molecule has 0 bridgehead atoms. The fourth-order valence-electron chi connectivity index (χ4n) is 2.78. The summed E-state index contributed by atoms with van der Waals surface area (Å²) in [4.78, 5) is 12.1. The van der Waals surface area contributed by atoms with Crippen LogP contribution in [0.2, 0.25) is 0 Å². The van der Waals surface area contributed by atoms with Gasteiger partial charge in [0.1, 0.15) is 0 Å². The van der Waals surface area contributed by atoms with Gasteiger partial charge in [-0.1, -0.05) is 42.5 Å². The van der Waals surface area contributed by atoms with Crippen LogP contribution in [0.5, 0.6) is 0 Å². The maximum atomic E-state index is 12.1. The second-order valence-electron chi connectivity index (χ2n) is 5.77. The van der Waals surface area contributed by atoms with Crippen molar-refractivity contribution < 1.29 is 13.2 Å². The summed E-state index contributed by atoms with van der Waals surface area (Å²) < 4.78 is 24.8. The Bertz CT molecular complexity index is 802. The minimum atomic E-state index is -3.10. The number of amides is 1. The average molecular weight is 344 g/mol. The van der Waals surface area contributed by atoms with E-state index in [2.05, 4.69) is 5.32 Å². The van der Waals surface area contributed by atoms with Crippen molar-refractivity contribution in [2.24, 2.45) is 0 Å². The second kappa shape index (κ2) is 7.15. The van der Waals surface area contributed by atoms with E-state index in [4.69, 9.17) is 0 Å². The summed E-state index contributed by atoms with van der Waals surface area (Å²) in [6.07, 6.45) is 0.664. The van der Waals surface area contributed by atoms with Gasteiger partial charge in [0.2, 0.25) is 10.0 Å². The van der Waals surface area contributed by atoms with Crippen molar-refractivity contribution in [2.45, 2.75) is 6.42 Å². The van der Waals surface area contributed by atoms with Crippen molar-refractivity contribution in [3.63, 3.8) is 0 Å². The summed E-state index contributed by atoms with van der Waals surface area (Å²) in [5.74, 6) is 0.0215. The monoisotopic (exact) mass is 344 g/mol. The van der Waals surface area contributed by atoms with Gasteiger partial charge in [0.15, 0.2) is 0 Å². The Hall–Kier alpha value is -2.18. The van der Waals surface area contributed by atoms with Gasteiger partial charge in [0, 0.05) is 25.2 Å². The predicted molar refractivity (Wildman–Crippen MR) is 94.2 cm³/mol. The molecule has 24 heavy (non-hydrogen) atoms. The molecule has 0 atom stereocenters. The van der Waals surface area contributed by atoms with Gasteiger partial charge in [-0.05, 0) is 29.7 Å². The molecule has 1 heterocycles. The highest BCUT2D eigenvalue weighted by atomic mass is 32.2. The van der Waals surface area contributed by atoms with Gasteiger partial charge >= 0.3 is 0 Å². The van der Waals surface area contributed by atoms with E-state index >= 15 is 0 Å². The van der Waals surface area contributed by atoms with E-state index in [0.29, 0.717) is 31.6 Å². The topological polar surface area (TPSA) is 66.5 Å². The van der Waals surface area contributed by atoms with Gasteiger partial charge in [-0.2, -0.15) is 0 Å². The van der Waals surface area contributed by atoms with E-state index in [9.17, 15) is 13.2 Å². The Balaban J connectivity index is 1.56. The predicted octanol–water partition coefficient (Wildman–Crippen LogP) is 2.12. The van der Waals surface area contributed by atoms with Gasteiger partial charge < -0.3 is 5.32 Å². The molecular weight excluding hydrogens is 324 g/mol. The van der Waals surface area contributed by atoms with Crippen LogP contribution in [0.1, 0.15) is 16.8 Å². The third-order valence-corrected chi connectivity index (χ3v) is 6.06. The zero-order chi connectivity index (χ0) is 17.0. The van der Waals surface area contributed by atoms with Crippen molar-refractivity contribution in [1.29, 1.82) is 0 Å². The first-order valence-corrected chi connectivity index (χ1v) is 9.59. The van der Waals surface area contributed by atoms with Crippen LogP contribution in [-0.4, -0.2) is 44.0 Å². The minimum absolute atomic E-state index is 0.189. The fraction of sp³-hybridized carbons (Fsp3) is 0.278. The average Bonchev–Trinajstić information content (AvgIpc) is 2.94. The van der Waals surface area contributed by atoms with E-state index in [0.717, 1.165) is 11.1 Å². The lowest BCUT2D eigenvalue weighted by molar-refractivity contribution is 0.0952. The number of carbonyl (C=O) groups is 1. The molecule has 0 saturated carbocycles. The largest absolute Gasteiger partial charge is 0.351 e. The van der Waals surface area contributed by atoms with Gasteiger partial charge in [-0.3, -0.25) is 4.79 Å². The summed E-state index contributed by atoms with van der Waals surface area (Å²) in [6.45, 7) is 1.19. The highest BCUT2D eigenvalue weighted by Gasteiger charge is 2.27. The van der Waals surface area contributed by atoms with Crippen molar-refractivity contribution in [3.05, 3.63) is 60.2 Å². The molecule has 0 unspecified atom stereocenters. The first kappa shape index (κ1) is 16.7. The van der Waals surface area contributed by atoms with Crippen molar-refractivity contribution >= 4 is 15.9 Å². The summed E-state index contributed by atoms with van der Waals surface area (Å²) in [6, 6.07) is 17.3. The lowest BCUT2D eigenvalue weighted by Crippen LogP contribution is -2.35. The number of benzene rings is 2. The molecule has 0 aliphatic carbocycles. The number of nitrogens with one attached hydrogen (secondary N) is 1. The van der Waals surface area contributed by atoms with E-state index in [1.807, 2.05) is 42.5 Å². The van der Waals surface area contributed by atoms with Crippen LogP contribution in [0.25, 0.3) is 11.1 Å². The van der Waals surface area contributed by atoms with Gasteiger partial charge in [-0.25, -0.2) is 12.7 Å². The quantitative estimate of drug-likeness (QED) is 0.903. The van der Waals surface area contributed by atoms with E-state index < -0.39 is 10.0 Å². The first-order valence-electron chi connectivity index (χ1n) is 7.98. The number of hydrogen-bond donors (Lipinski definition) is 1. The molecule has 0 radical (unpaired) electrons. The molecule has 1 amide bonds. The molecular formula is C18H20N2O3S. The molecule has 126 valence electrons. The second-order valence-corrected chi connectivity index (χ2v) is 7.86. The molecule has 2 aromatic rings. The van der Waals surface area contributed by atoms with Crippen LogP contribution in [0.4, 0.5) is 0 Å². The molecule has 1 saturated heterocycles. The SMILES string of the molecule is O=C(NCCN1CCCS1(=O)=O)c1ccc(-c2ccccc2)cc1. The highest BCUT2D eigenvalue weighted by Crippen LogP contribution is 2.19. The minimum Gasteiger partial charge on any atom is -0.351 e. The molecule has 6 heteroatoms. The molecule has 1 N–H and O–H groups in total. The molecule has 3 rings (SSSR count). The van der Waals surface area contributed by atoms with Crippen molar-refractivity contribution in [3.8, 4) is 11.1 Å². The first-order chi connectivity index (χ1) is 11.6. The standard InChI is InChI=1S/C18H20N2O3S/c21-18(19-11-13-20-12-4-14-24(20,22)23)17-9-7-16(8-10-17)15-5-2-1-3-6-15/h1-3,5-10H,4,11-14H2,(H,19,21). The van der Waals surface area contributed by atoms with Crippen LogP contribution in [0.3, 0.4) is 0 Å². The summed E-state index contributed by atoms with van der Waals surface area (Å²) in [7, 11) is -3.10. The Morgan fingerprint density at radius 2 is 1.67 bits per heavy atom. The third-order valence-electron chi connectivity index (χ3n) is 4.10. The molecule has 0 spiro atoms. The maximum Gasteiger partial charge on any atom is 0.251 e. The molecule has 1 fully saturated rings. The van der Waals surface area contributed by atoms with Crippen LogP contribution in [0.15, 0.2) is 54.6 Å². The van der Waals surface area contributed by atoms with E-state index in [1.165, 1.54) is 4.31 Å². The van der Waals surface area contributed by atoms with Gasteiger partial charge in [0.25, 0.3) is 5.91 Å². The summed E-state index contributed by atoms with van der Waals surface area (Å²) in [5, 5.41) is 2.78. The number of sulfonamides is 1. The van der Waals surface area contributed by atoms with Crippen LogP contribution in [-0.2, 0) is 10.0 Å². The summed E-state index contributed by atoms with van der Waals surface area (Å²) in [5.41, 5.74) is 2.72. The molecule has 1 aliphatic heterocycles. The maximum absolute atomic E-state index is 12.1. The number of rotatable bonds is 5. The lowest BCUT2D eigenvalue weighted by Gasteiger charge is -2.14. The van der Waals surface area contributed by atoms with Gasteiger partial charge in [0.05, 0.1) is 5.75 Å². The fourth-order valence-corrected chi connectivity index (χ4v) is 4.31. The Morgan fingerprint density at radius 1 is 1.00 bits per heavy atom. The molecule has 1 aliphatic rings. The van der Waals surface area contributed by atoms with Gasteiger partial charge in [-0.15, -0.1) is 0 Å². The molecule has 5 nitrogen and oxygen atoms in total. The molecule has 0 aromatic heterocycles. The Kier molecular flexibility index (Phi) is 4.97. The number of nitrogens with zero attached hydrogens (tertiary/aromatic N) is 1. The Morgan fingerprint density at radius 3 is 2.29 bits per heavy atom. The van der Waals surface area contributed by atoms with Crippen LogP contribution in [0, 0.1) is 0 Å². The summed E-state index contributed by atoms with van der Waals surface area (Å²) >= 11 is 0.